The van der Waals surface area contributed by atoms with Gasteiger partial charge >= 0.3 is 0 Å². The van der Waals surface area contributed by atoms with Crippen LogP contribution in [0.2, 0.25) is 0 Å². The summed E-state index contributed by atoms with van der Waals surface area (Å²) < 4.78 is 26.9. The number of aryl methyl sites for hydroxylation is 2. The van der Waals surface area contributed by atoms with Crippen LogP contribution in [0.5, 0.6) is 0 Å². The molecule has 0 atom stereocenters. The predicted octanol–water partition coefficient (Wildman–Crippen LogP) is 3.39. The number of ketones is 1. The molecule has 0 fully saturated rings. The molecule has 2 aromatic rings. The van der Waals surface area contributed by atoms with Crippen molar-refractivity contribution in [3.05, 3.63) is 64.2 Å². The molecule has 0 saturated heterocycles. The minimum absolute atomic E-state index is 0.133. The van der Waals surface area contributed by atoms with Gasteiger partial charge in [-0.25, -0.2) is 8.78 Å². The maximum atomic E-state index is 13.7. The van der Waals surface area contributed by atoms with Crippen LogP contribution in [0.25, 0.3) is 0 Å². The molecular formula is C15H13F2NO. The minimum Gasteiger partial charge on any atom is -0.399 e. The van der Waals surface area contributed by atoms with E-state index in [0.717, 1.165) is 6.07 Å². The molecule has 19 heavy (non-hydrogen) atoms. The first-order chi connectivity index (χ1) is 8.90. The number of nitrogen functional groups attached to an aromatic ring is 1. The van der Waals surface area contributed by atoms with Crippen molar-refractivity contribution in [1.82, 2.24) is 0 Å². The summed E-state index contributed by atoms with van der Waals surface area (Å²) in [5.74, 6) is -1.99. The van der Waals surface area contributed by atoms with E-state index < -0.39 is 17.4 Å². The standard InChI is InChI=1S/C15H13F2NO/c1-8-5-10(18)3-4-11(8)15(19)12-6-9(2)13(16)7-14(12)17/h3-7H,18H2,1-2H3. The van der Waals surface area contributed by atoms with E-state index in [2.05, 4.69) is 0 Å². The Balaban J connectivity index is 2.53. The highest BCUT2D eigenvalue weighted by atomic mass is 19.1. The van der Waals surface area contributed by atoms with Gasteiger partial charge in [-0.3, -0.25) is 4.79 Å². The largest absolute Gasteiger partial charge is 0.399 e. The predicted molar refractivity (Wildman–Crippen MR) is 70.1 cm³/mol. The highest BCUT2D eigenvalue weighted by Crippen LogP contribution is 2.21. The summed E-state index contributed by atoms with van der Waals surface area (Å²) in [4.78, 5) is 12.3. The van der Waals surface area contributed by atoms with Crippen molar-refractivity contribution in [2.75, 3.05) is 5.73 Å². The lowest BCUT2D eigenvalue weighted by molar-refractivity contribution is 0.103. The highest BCUT2D eigenvalue weighted by Gasteiger charge is 2.17. The molecule has 2 rings (SSSR count). The summed E-state index contributed by atoms with van der Waals surface area (Å²) in [6, 6.07) is 6.72. The van der Waals surface area contributed by atoms with E-state index in [9.17, 15) is 13.6 Å². The van der Waals surface area contributed by atoms with Gasteiger partial charge < -0.3 is 5.73 Å². The van der Waals surface area contributed by atoms with Crippen LogP contribution in [-0.2, 0) is 0 Å². The van der Waals surface area contributed by atoms with E-state index in [1.54, 1.807) is 25.1 Å². The van der Waals surface area contributed by atoms with Crippen LogP contribution in [-0.4, -0.2) is 5.78 Å². The molecule has 0 heterocycles. The fraction of sp³-hybridized carbons (Fsp3) is 0.133. The van der Waals surface area contributed by atoms with E-state index in [1.807, 2.05) is 0 Å². The lowest BCUT2D eigenvalue weighted by atomic mass is 9.97. The zero-order valence-electron chi connectivity index (χ0n) is 10.6. The first-order valence-corrected chi connectivity index (χ1v) is 5.76. The molecular weight excluding hydrogens is 248 g/mol. The number of carbonyl (C=O) groups is 1. The Kier molecular flexibility index (Phi) is 3.34. The van der Waals surface area contributed by atoms with Crippen molar-refractivity contribution < 1.29 is 13.6 Å². The van der Waals surface area contributed by atoms with Crippen LogP contribution in [0, 0.1) is 25.5 Å². The molecule has 0 amide bonds. The smallest absolute Gasteiger partial charge is 0.196 e. The second-order valence-electron chi connectivity index (χ2n) is 4.48. The average Bonchev–Trinajstić information content (AvgIpc) is 2.33. The van der Waals surface area contributed by atoms with E-state index >= 15 is 0 Å². The van der Waals surface area contributed by atoms with Crippen molar-refractivity contribution >= 4 is 11.5 Å². The van der Waals surface area contributed by atoms with Crippen molar-refractivity contribution in [2.24, 2.45) is 0 Å². The zero-order chi connectivity index (χ0) is 14.2. The van der Waals surface area contributed by atoms with Gasteiger partial charge in [0.15, 0.2) is 5.78 Å². The highest BCUT2D eigenvalue weighted by molar-refractivity contribution is 6.10. The molecule has 4 heteroatoms. The topological polar surface area (TPSA) is 43.1 Å². The van der Waals surface area contributed by atoms with Crippen molar-refractivity contribution in [3.8, 4) is 0 Å². The van der Waals surface area contributed by atoms with Crippen LogP contribution in [0.3, 0.4) is 0 Å². The van der Waals surface area contributed by atoms with Crippen LogP contribution in [0.1, 0.15) is 27.0 Å². The number of anilines is 1. The number of benzene rings is 2. The monoisotopic (exact) mass is 261 g/mol. The number of halogens is 2. The van der Waals surface area contributed by atoms with E-state index in [0.29, 0.717) is 16.8 Å². The third-order valence-corrected chi connectivity index (χ3v) is 2.99. The van der Waals surface area contributed by atoms with Crippen LogP contribution in [0.4, 0.5) is 14.5 Å². The summed E-state index contributed by atoms with van der Waals surface area (Å²) in [6.45, 7) is 3.21. The Morgan fingerprint density at radius 1 is 0.947 bits per heavy atom. The number of hydrogen-bond acceptors (Lipinski definition) is 2. The lowest BCUT2D eigenvalue weighted by Gasteiger charge is -2.08. The van der Waals surface area contributed by atoms with Gasteiger partial charge in [-0.05, 0) is 49.2 Å². The van der Waals surface area contributed by atoms with Crippen LogP contribution < -0.4 is 5.73 Å². The molecule has 0 aliphatic heterocycles. The molecule has 2 aromatic carbocycles. The van der Waals surface area contributed by atoms with Gasteiger partial charge in [0.05, 0.1) is 5.56 Å². The second-order valence-corrected chi connectivity index (χ2v) is 4.48. The molecule has 0 unspecified atom stereocenters. The normalized spacial score (nSPS) is 10.5. The fourth-order valence-electron chi connectivity index (χ4n) is 1.92. The molecule has 0 saturated carbocycles. The van der Waals surface area contributed by atoms with Gasteiger partial charge in [-0.15, -0.1) is 0 Å². The number of nitrogens with two attached hydrogens (primary N) is 1. The van der Waals surface area contributed by atoms with E-state index in [4.69, 9.17) is 5.73 Å². The average molecular weight is 261 g/mol. The Labute approximate surface area is 109 Å². The van der Waals surface area contributed by atoms with E-state index in [-0.39, 0.29) is 11.1 Å². The van der Waals surface area contributed by atoms with Gasteiger partial charge in [0.25, 0.3) is 0 Å². The zero-order valence-corrected chi connectivity index (χ0v) is 10.6. The van der Waals surface area contributed by atoms with Gasteiger partial charge in [0.2, 0.25) is 0 Å². The molecule has 0 bridgehead atoms. The molecule has 0 aromatic heterocycles. The molecule has 0 spiro atoms. The lowest BCUT2D eigenvalue weighted by Crippen LogP contribution is -2.08. The van der Waals surface area contributed by atoms with Crippen molar-refractivity contribution in [3.63, 3.8) is 0 Å². The van der Waals surface area contributed by atoms with E-state index in [1.165, 1.54) is 13.0 Å². The van der Waals surface area contributed by atoms with Gasteiger partial charge in [0, 0.05) is 17.3 Å². The molecule has 2 N–H and O–H groups in total. The van der Waals surface area contributed by atoms with Crippen molar-refractivity contribution in [1.29, 1.82) is 0 Å². The number of rotatable bonds is 2. The maximum Gasteiger partial charge on any atom is 0.196 e. The molecule has 2 nitrogen and oxygen atoms in total. The molecule has 0 radical (unpaired) electrons. The first kappa shape index (κ1) is 13.2. The third-order valence-electron chi connectivity index (χ3n) is 2.99. The Morgan fingerprint density at radius 2 is 1.63 bits per heavy atom. The number of carbonyl (C=O) groups excluding carboxylic acids is 1. The first-order valence-electron chi connectivity index (χ1n) is 5.76. The second kappa shape index (κ2) is 4.80. The Hall–Kier alpha value is -2.23. The number of hydrogen-bond donors (Lipinski definition) is 1. The maximum absolute atomic E-state index is 13.7. The summed E-state index contributed by atoms with van der Waals surface area (Å²) >= 11 is 0. The summed E-state index contributed by atoms with van der Waals surface area (Å²) in [6.07, 6.45) is 0. The molecule has 98 valence electrons. The summed E-state index contributed by atoms with van der Waals surface area (Å²) in [5.41, 5.74) is 7.26. The Bertz CT molecular complexity index is 665. The quantitative estimate of drug-likeness (QED) is 0.665. The summed E-state index contributed by atoms with van der Waals surface area (Å²) in [7, 11) is 0. The third kappa shape index (κ3) is 2.47. The molecule has 0 aliphatic carbocycles. The van der Waals surface area contributed by atoms with Crippen molar-refractivity contribution in [2.45, 2.75) is 13.8 Å². The Morgan fingerprint density at radius 3 is 2.26 bits per heavy atom. The van der Waals surface area contributed by atoms with Gasteiger partial charge in [0.1, 0.15) is 11.6 Å². The summed E-state index contributed by atoms with van der Waals surface area (Å²) in [5, 5.41) is 0. The van der Waals surface area contributed by atoms with Gasteiger partial charge in [-0.2, -0.15) is 0 Å². The minimum atomic E-state index is -0.857. The fourth-order valence-corrected chi connectivity index (χ4v) is 1.92. The van der Waals surface area contributed by atoms with Crippen LogP contribution >= 0.6 is 0 Å². The van der Waals surface area contributed by atoms with Gasteiger partial charge in [-0.1, -0.05) is 0 Å². The SMILES string of the molecule is Cc1cc(C(=O)c2ccc(N)cc2C)c(F)cc1F. The molecule has 0 aliphatic rings. The van der Waals surface area contributed by atoms with Crippen LogP contribution in [0.15, 0.2) is 30.3 Å².